The highest BCUT2D eigenvalue weighted by atomic mass is 32.1. The standard InChI is InChI=1S/C18H37NO2.3H2S/c1-2-3-4-5-6-7-8-9-10-11-12-13-14-17-18(20)16(19)15-21-17;;;/h16-18,20H,2-15,19H2,1H3;3*1H2/t16-,17-,18-;;;/m0.../s1. The number of aliphatic hydroxyl groups is 1. The Labute approximate surface area is 171 Å². The number of ether oxygens (including phenoxy) is 1. The van der Waals surface area contributed by atoms with Crippen LogP contribution in [0.15, 0.2) is 0 Å². The molecule has 24 heavy (non-hydrogen) atoms. The van der Waals surface area contributed by atoms with Crippen LogP contribution < -0.4 is 5.73 Å². The van der Waals surface area contributed by atoms with Crippen LogP contribution in [0.3, 0.4) is 0 Å². The summed E-state index contributed by atoms with van der Waals surface area (Å²) in [5, 5.41) is 9.78. The van der Waals surface area contributed by atoms with Crippen LogP contribution in [0, 0.1) is 0 Å². The van der Waals surface area contributed by atoms with E-state index in [0.717, 1.165) is 12.8 Å². The van der Waals surface area contributed by atoms with Crippen molar-refractivity contribution in [2.24, 2.45) is 5.73 Å². The van der Waals surface area contributed by atoms with E-state index >= 15 is 0 Å². The molecule has 0 saturated carbocycles. The predicted octanol–water partition coefficient (Wildman–Crippen LogP) is 4.50. The largest absolute Gasteiger partial charge is 0.389 e. The van der Waals surface area contributed by atoms with E-state index in [4.69, 9.17) is 10.5 Å². The van der Waals surface area contributed by atoms with Crippen molar-refractivity contribution in [3.63, 3.8) is 0 Å². The fraction of sp³-hybridized carbons (Fsp3) is 1.00. The van der Waals surface area contributed by atoms with Gasteiger partial charge in [-0.1, -0.05) is 84.0 Å². The molecule has 6 heteroatoms. The molecule has 3 atom stereocenters. The molecule has 3 nitrogen and oxygen atoms in total. The van der Waals surface area contributed by atoms with Gasteiger partial charge < -0.3 is 15.6 Å². The second-order valence-electron chi connectivity index (χ2n) is 6.70. The molecule has 150 valence electrons. The van der Waals surface area contributed by atoms with Crippen molar-refractivity contribution in [1.82, 2.24) is 0 Å². The summed E-state index contributed by atoms with van der Waals surface area (Å²) in [6.07, 6.45) is 16.9. The molecule has 0 spiro atoms. The van der Waals surface area contributed by atoms with Crippen LogP contribution >= 0.6 is 40.5 Å². The number of aliphatic hydroxyl groups excluding tert-OH is 1. The van der Waals surface area contributed by atoms with E-state index in [1.54, 1.807) is 0 Å². The molecule has 1 heterocycles. The minimum absolute atomic E-state index is 0. The summed E-state index contributed by atoms with van der Waals surface area (Å²) >= 11 is 0. The third-order valence-electron chi connectivity index (χ3n) is 4.66. The Bertz CT molecular complexity index is 248. The molecule has 1 aliphatic heterocycles. The first kappa shape index (κ1) is 29.7. The second-order valence-corrected chi connectivity index (χ2v) is 6.70. The average molecular weight is 402 g/mol. The highest BCUT2D eigenvalue weighted by molar-refractivity contribution is 7.59. The molecular formula is C18H43NO2S3. The monoisotopic (exact) mass is 401 g/mol. The molecule has 1 rings (SSSR count). The van der Waals surface area contributed by atoms with E-state index in [1.807, 2.05) is 0 Å². The summed E-state index contributed by atoms with van der Waals surface area (Å²) in [7, 11) is 0. The van der Waals surface area contributed by atoms with E-state index in [1.165, 1.54) is 70.6 Å². The van der Waals surface area contributed by atoms with Crippen LogP contribution in [0.4, 0.5) is 0 Å². The van der Waals surface area contributed by atoms with Crippen molar-refractivity contribution in [2.75, 3.05) is 6.61 Å². The average Bonchev–Trinajstić information content (AvgIpc) is 2.80. The molecule has 0 amide bonds. The van der Waals surface area contributed by atoms with Crippen molar-refractivity contribution >= 4 is 40.5 Å². The quantitative estimate of drug-likeness (QED) is 0.447. The number of rotatable bonds is 13. The molecule has 0 unspecified atom stereocenters. The van der Waals surface area contributed by atoms with Gasteiger partial charge in [0.2, 0.25) is 0 Å². The summed E-state index contributed by atoms with van der Waals surface area (Å²) in [4.78, 5) is 0. The Hall–Kier alpha value is 0.930. The first-order valence-corrected chi connectivity index (χ1v) is 9.31. The summed E-state index contributed by atoms with van der Waals surface area (Å²) < 4.78 is 5.50. The van der Waals surface area contributed by atoms with Gasteiger partial charge in [0.05, 0.1) is 24.9 Å². The highest BCUT2D eigenvalue weighted by Gasteiger charge is 2.32. The molecule has 0 radical (unpaired) electrons. The maximum atomic E-state index is 9.78. The lowest BCUT2D eigenvalue weighted by Crippen LogP contribution is -2.36. The van der Waals surface area contributed by atoms with Crippen molar-refractivity contribution in [3.8, 4) is 0 Å². The van der Waals surface area contributed by atoms with Gasteiger partial charge in [0, 0.05) is 0 Å². The molecule has 0 aromatic heterocycles. The SMILES string of the molecule is CCCCCCCCCCCCCC[C@@H]1OC[C@H](N)[C@@H]1O.S.S.S. The van der Waals surface area contributed by atoms with Crippen LogP contribution in [-0.2, 0) is 4.74 Å². The lowest BCUT2D eigenvalue weighted by Gasteiger charge is -2.14. The number of unbranched alkanes of at least 4 members (excludes halogenated alkanes) is 11. The Morgan fingerprint density at radius 2 is 1.21 bits per heavy atom. The van der Waals surface area contributed by atoms with E-state index in [0.29, 0.717) is 6.61 Å². The zero-order valence-corrected chi connectivity index (χ0v) is 18.6. The molecule has 0 bridgehead atoms. The van der Waals surface area contributed by atoms with Gasteiger partial charge in [-0.15, -0.1) is 0 Å². The minimum Gasteiger partial charge on any atom is -0.389 e. The van der Waals surface area contributed by atoms with Gasteiger partial charge in [0.25, 0.3) is 0 Å². The normalized spacial score (nSPS) is 22.4. The summed E-state index contributed by atoms with van der Waals surface area (Å²) in [6.45, 7) is 2.79. The summed E-state index contributed by atoms with van der Waals surface area (Å²) in [5.41, 5.74) is 5.73. The van der Waals surface area contributed by atoms with Gasteiger partial charge in [-0.2, -0.15) is 40.5 Å². The Morgan fingerprint density at radius 1 is 0.792 bits per heavy atom. The lowest BCUT2D eigenvalue weighted by atomic mass is 10.0. The molecule has 1 saturated heterocycles. The van der Waals surface area contributed by atoms with Crippen LogP contribution in [0.1, 0.15) is 90.4 Å². The van der Waals surface area contributed by atoms with Crippen molar-refractivity contribution in [2.45, 2.75) is 109 Å². The number of nitrogens with two attached hydrogens (primary N) is 1. The highest BCUT2D eigenvalue weighted by Crippen LogP contribution is 2.19. The number of hydrogen-bond acceptors (Lipinski definition) is 3. The van der Waals surface area contributed by atoms with Crippen molar-refractivity contribution in [3.05, 3.63) is 0 Å². The van der Waals surface area contributed by atoms with E-state index in [9.17, 15) is 5.11 Å². The minimum atomic E-state index is -0.447. The Balaban J connectivity index is -0.00000147. The van der Waals surface area contributed by atoms with E-state index in [-0.39, 0.29) is 52.6 Å². The molecule has 0 aliphatic carbocycles. The first-order chi connectivity index (χ1) is 10.3. The zero-order valence-electron chi connectivity index (χ0n) is 15.6. The van der Waals surface area contributed by atoms with Crippen molar-refractivity contribution in [1.29, 1.82) is 0 Å². The first-order valence-electron chi connectivity index (χ1n) is 9.31. The van der Waals surface area contributed by atoms with Crippen LogP contribution in [0.2, 0.25) is 0 Å². The second kappa shape index (κ2) is 20.2. The van der Waals surface area contributed by atoms with Gasteiger partial charge >= 0.3 is 0 Å². The molecule has 1 fully saturated rings. The predicted molar refractivity (Wildman–Crippen MR) is 121 cm³/mol. The molecule has 0 aromatic carbocycles. The fourth-order valence-electron chi connectivity index (χ4n) is 3.15. The molecular weight excluding hydrogens is 358 g/mol. The third-order valence-corrected chi connectivity index (χ3v) is 4.66. The van der Waals surface area contributed by atoms with Crippen LogP contribution in [-0.4, -0.2) is 30.0 Å². The zero-order chi connectivity index (χ0) is 15.3. The van der Waals surface area contributed by atoms with Crippen LogP contribution in [0.5, 0.6) is 0 Å². The van der Waals surface area contributed by atoms with Gasteiger partial charge in [0.15, 0.2) is 0 Å². The maximum Gasteiger partial charge on any atom is 0.0974 e. The molecule has 3 N–H and O–H groups in total. The van der Waals surface area contributed by atoms with E-state index in [2.05, 4.69) is 6.92 Å². The van der Waals surface area contributed by atoms with Crippen LogP contribution in [0.25, 0.3) is 0 Å². The summed E-state index contributed by atoms with van der Waals surface area (Å²) in [5.74, 6) is 0. The smallest absolute Gasteiger partial charge is 0.0974 e. The fourth-order valence-corrected chi connectivity index (χ4v) is 3.15. The van der Waals surface area contributed by atoms with E-state index < -0.39 is 6.10 Å². The van der Waals surface area contributed by atoms with Gasteiger partial charge in [0.1, 0.15) is 0 Å². The van der Waals surface area contributed by atoms with Gasteiger partial charge in [-0.25, -0.2) is 0 Å². The van der Waals surface area contributed by atoms with Gasteiger partial charge in [-0.3, -0.25) is 0 Å². The lowest BCUT2D eigenvalue weighted by molar-refractivity contribution is 0.0342. The third kappa shape index (κ3) is 14.1. The Kier molecular flexibility index (Phi) is 25.0. The summed E-state index contributed by atoms with van der Waals surface area (Å²) in [6, 6.07) is -0.174. The van der Waals surface area contributed by atoms with Gasteiger partial charge in [-0.05, 0) is 6.42 Å². The number of hydrogen-bond donors (Lipinski definition) is 2. The maximum absolute atomic E-state index is 9.78. The van der Waals surface area contributed by atoms with Crippen molar-refractivity contribution < 1.29 is 9.84 Å². The molecule has 0 aromatic rings. The molecule has 1 aliphatic rings. The topological polar surface area (TPSA) is 55.5 Å². The Morgan fingerprint density at radius 3 is 1.58 bits per heavy atom.